The van der Waals surface area contributed by atoms with Gasteiger partial charge in [-0.1, -0.05) is 36.4 Å². The molecular weight excluding hydrogens is 546 g/mol. The molecule has 1 aliphatic carbocycles. The number of benzene rings is 3. The van der Waals surface area contributed by atoms with Gasteiger partial charge in [-0.25, -0.2) is 17.4 Å². The van der Waals surface area contributed by atoms with Crippen LogP contribution in [-0.4, -0.2) is 38.7 Å². The first-order valence-corrected chi connectivity index (χ1v) is 14.9. The summed E-state index contributed by atoms with van der Waals surface area (Å²) in [5.41, 5.74) is 4.61. The molecule has 3 aromatic carbocycles. The Morgan fingerprint density at radius 3 is 2.15 bits per heavy atom. The number of hydrogen-bond donors (Lipinski definition) is 1. The first-order valence-electron chi connectivity index (χ1n) is 12.6. The Morgan fingerprint density at radius 2 is 1.52 bits per heavy atom. The van der Waals surface area contributed by atoms with Gasteiger partial charge >= 0.3 is 0 Å². The summed E-state index contributed by atoms with van der Waals surface area (Å²) in [6, 6.07) is 21.9. The third kappa shape index (κ3) is 4.39. The SMILES string of the molecule is COc1cc(-c2c3c(cn2S(=O)(=O)c2ccccc2)-c2nc(Nc4ccccc4)sc2CC3)cc(OC)c1OC. The monoisotopic (exact) mass is 573 g/mol. The van der Waals surface area contributed by atoms with Gasteiger partial charge in [0, 0.05) is 27.9 Å². The van der Waals surface area contributed by atoms with Gasteiger partial charge in [-0.3, -0.25) is 0 Å². The molecule has 8 nitrogen and oxygen atoms in total. The van der Waals surface area contributed by atoms with Gasteiger partial charge in [0.25, 0.3) is 10.0 Å². The lowest BCUT2D eigenvalue weighted by Gasteiger charge is -2.18. The largest absolute Gasteiger partial charge is 0.493 e. The molecule has 1 N–H and O–H groups in total. The highest BCUT2D eigenvalue weighted by Gasteiger charge is 2.32. The fourth-order valence-corrected chi connectivity index (χ4v) is 7.48. The minimum absolute atomic E-state index is 0.195. The van der Waals surface area contributed by atoms with Crippen molar-refractivity contribution in [1.29, 1.82) is 0 Å². The summed E-state index contributed by atoms with van der Waals surface area (Å²) in [7, 11) is 0.671. The van der Waals surface area contributed by atoms with E-state index in [-0.39, 0.29) is 4.90 Å². The average molecular weight is 574 g/mol. The highest BCUT2D eigenvalue weighted by atomic mass is 32.2. The highest BCUT2D eigenvalue weighted by Crippen LogP contribution is 2.47. The quantitative estimate of drug-likeness (QED) is 0.230. The Hall–Kier alpha value is -4.28. The lowest BCUT2D eigenvalue weighted by molar-refractivity contribution is 0.324. The molecule has 2 aromatic heterocycles. The van der Waals surface area contributed by atoms with E-state index in [2.05, 4.69) is 5.32 Å². The van der Waals surface area contributed by atoms with Crippen molar-refractivity contribution in [3.63, 3.8) is 0 Å². The molecule has 0 unspecified atom stereocenters. The number of ether oxygens (including phenoxy) is 3. The second-order valence-corrected chi connectivity index (χ2v) is 12.1. The van der Waals surface area contributed by atoms with Crippen LogP contribution in [0.15, 0.2) is 83.9 Å². The third-order valence-corrected chi connectivity index (χ3v) is 9.60. The van der Waals surface area contributed by atoms with Crippen LogP contribution in [0.1, 0.15) is 10.4 Å². The van der Waals surface area contributed by atoms with E-state index in [1.54, 1.807) is 74.2 Å². The maximum Gasteiger partial charge on any atom is 0.268 e. The van der Waals surface area contributed by atoms with E-state index < -0.39 is 10.0 Å². The van der Waals surface area contributed by atoms with Crippen LogP contribution in [0.4, 0.5) is 10.8 Å². The zero-order valence-corrected chi connectivity index (χ0v) is 23.8. The van der Waals surface area contributed by atoms with Crippen molar-refractivity contribution in [1.82, 2.24) is 8.96 Å². The molecule has 0 atom stereocenters. The van der Waals surface area contributed by atoms with Crippen LogP contribution < -0.4 is 19.5 Å². The second kappa shape index (κ2) is 10.4. The zero-order chi connectivity index (χ0) is 27.9. The van der Waals surface area contributed by atoms with Crippen LogP contribution in [0, 0.1) is 0 Å². The van der Waals surface area contributed by atoms with E-state index >= 15 is 0 Å². The second-order valence-electron chi connectivity index (χ2n) is 9.18. The van der Waals surface area contributed by atoms with Gasteiger partial charge in [-0.15, -0.1) is 11.3 Å². The van der Waals surface area contributed by atoms with Crippen molar-refractivity contribution in [3.8, 4) is 39.8 Å². The molecule has 0 aliphatic heterocycles. The zero-order valence-electron chi connectivity index (χ0n) is 22.2. The molecule has 0 bridgehead atoms. The number of anilines is 2. The summed E-state index contributed by atoms with van der Waals surface area (Å²) in [6.45, 7) is 0. The van der Waals surface area contributed by atoms with E-state index in [0.29, 0.717) is 34.9 Å². The Balaban J connectivity index is 1.57. The standard InChI is InChI=1S/C30H27N3O5S2/c1-36-24-16-19(17-25(37-2)29(24)38-3)28-22-14-15-26-27(32-30(39-26)31-20-10-6-4-7-11-20)23(22)18-33(28)40(34,35)21-12-8-5-9-13-21/h4-13,16-18H,14-15H2,1-3H3,(H,31,32). The number of aromatic nitrogens is 2. The molecule has 10 heteroatoms. The predicted octanol–water partition coefficient (Wildman–Crippen LogP) is 6.38. The molecule has 0 amide bonds. The van der Waals surface area contributed by atoms with Gasteiger partial charge < -0.3 is 19.5 Å². The van der Waals surface area contributed by atoms with Gasteiger partial charge in [0.05, 0.1) is 37.6 Å². The maximum absolute atomic E-state index is 14.1. The molecule has 5 aromatic rings. The number of fused-ring (bicyclic) bond motifs is 3. The molecule has 2 heterocycles. The number of nitrogens with one attached hydrogen (secondary N) is 1. The summed E-state index contributed by atoms with van der Waals surface area (Å²) >= 11 is 1.59. The van der Waals surface area contributed by atoms with Crippen molar-refractivity contribution in [2.24, 2.45) is 0 Å². The number of rotatable bonds is 8. The van der Waals surface area contributed by atoms with Gasteiger partial charge in [0.2, 0.25) is 5.75 Å². The average Bonchev–Trinajstić information content (AvgIpc) is 3.59. The Kier molecular flexibility index (Phi) is 6.73. The van der Waals surface area contributed by atoms with E-state index in [9.17, 15) is 8.42 Å². The van der Waals surface area contributed by atoms with Gasteiger partial charge in [0.15, 0.2) is 16.6 Å². The molecule has 0 saturated carbocycles. The van der Waals surface area contributed by atoms with Crippen molar-refractivity contribution < 1.29 is 22.6 Å². The molecule has 40 heavy (non-hydrogen) atoms. The summed E-state index contributed by atoms with van der Waals surface area (Å²) in [4.78, 5) is 6.22. The Bertz CT molecular complexity index is 1770. The minimum atomic E-state index is -3.95. The smallest absolute Gasteiger partial charge is 0.268 e. The summed E-state index contributed by atoms with van der Waals surface area (Å²) in [5.74, 6) is 1.31. The molecule has 0 radical (unpaired) electrons. The van der Waals surface area contributed by atoms with Crippen molar-refractivity contribution in [3.05, 3.63) is 89.4 Å². The third-order valence-electron chi connectivity index (χ3n) is 6.90. The van der Waals surface area contributed by atoms with Gasteiger partial charge in [0.1, 0.15) is 0 Å². The van der Waals surface area contributed by atoms with E-state index in [1.807, 2.05) is 30.3 Å². The van der Waals surface area contributed by atoms with Gasteiger partial charge in [-0.2, -0.15) is 0 Å². The first-order chi connectivity index (χ1) is 19.4. The van der Waals surface area contributed by atoms with Crippen LogP contribution >= 0.6 is 11.3 Å². The summed E-state index contributed by atoms with van der Waals surface area (Å²) in [5, 5.41) is 4.14. The normalized spacial score (nSPS) is 12.4. The fourth-order valence-electron chi connectivity index (χ4n) is 5.06. The number of hydrogen-bond acceptors (Lipinski definition) is 8. The molecular formula is C30H27N3O5S2. The first kappa shape index (κ1) is 26.0. The van der Waals surface area contributed by atoms with Crippen molar-refractivity contribution in [2.75, 3.05) is 26.6 Å². The summed E-state index contributed by atoms with van der Waals surface area (Å²) < 4.78 is 46.3. The number of methoxy groups -OCH3 is 3. The molecule has 204 valence electrons. The number of nitrogens with zero attached hydrogens (tertiary/aromatic N) is 2. The van der Waals surface area contributed by atoms with Crippen LogP contribution in [-0.2, 0) is 22.9 Å². The van der Waals surface area contributed by atoms with E-state index in [4.69, 9.17) is 19.2 Å². The van der Waals surface area contributed by atoms with E-state index in [1.165, 1.54) is 11.1 Å². The maximum atomic E-state index is 14.1. The van der Waals surface area contributed by atoms with Crippen LogP contribution in [0.3, 0.4) is 0 Å². The molecule has 0 fully saturated rings. The van der Waals surface area contributed by atoms with Crippen molar-refractivity contribution in [2.45, 2.75) is 17.7 Å². The Morgan fingerprint density at radius 1 is 0.875 bits per heavy atom. The fraction of sp³-hybridized carbons (Fsp3) is 0.167. The number of aryl methyl sites for hydroxylation is 1. The molecule has 0 saturated heterocycles. The number of thiazole rings is 1. The van der Waals surface area contributed by atoms with Crippen LogP contribution in [0.5, 0.6) is 17.2 Å². The van der Waals surface area contributed by atoms with Crippen LogP contribution in [0.25, 0.3) is 22.5 Å². The van der Waals surface area contributed by atoms with Crippen LogP contribution in [0.2, 0.25) is 0 Å². The summed E-state index contributed by atoms with van der Waals surface area (Å²) in [6.07, 6.45) is 3.09. The Labute approximate surface area is 236 Å². The molecule has 0 spiro atoms. The van der Waals surface area contributed by atoms with Gasteiger partial charge in [-0.05, 0) is 54.8 Å². The molecule has 1 aliphatic rings. The molecule has 6 rings (SSSR count). The number of para-hydroxylation sites is 1. The topological polar surface area (TPSA) is 91.7 Å². The lowest BCUT2D eigenvalue weighted by Crippen LogP contribution is -2.14. The predicted molar refractivity (Wildman–Crippen MR) is 157 cm³/mol. The minimum Gasteiger partial charge on any atom is -0.493 e. The highest BCUT2D eigenvalue weighted by molar-refractivity contribution is 7.90. The lowest BCUT2D eigenvalue weighted by atomic mass is 9.93. The van der Waals surface area contributed by atoms with E-state index in [0.717, 1.165) is 38.9 Å². The van der Waals surface area contributed by atoms with Crippen molar-refractivity contribution >= 4 is 32.2 Å².